The SMILES string of the molecule is O=C(CN(Cc1ccco1)Cc1ccco1)N1CCCc2ccccc21. The highest BCUT2D eigenvalue weighted by molar-refractivity contribution is 5.95. The molecule has 0 saturated carbocycles. The molecule has 0 radical (unpaired) electrons. The first-order chi connectivity index (χ1) is 12.8. The highest BCUT2D eigenvalue weighted by Gasteiger charge is 2.24. The fraction of sp³-hybridized carbons (Fsp3) is 0.286. The number of hydrogen-bond acceptors (Lipinski definition) is 4. The van der Waals surface area contributed by atoms with E-state index in [1.807, 2.05) is 47.4 Å². The molecule has 0 N–H and O–H groups in total. The molecule has 0 spiro atoms. The molecule has 1 aliphatic rings. The number of rotatable bonds is 6. The van der Waals surface area contributed by atoms with Crippen LogP contribution in [-0.2, 0) is 24.3 Å². The van der Waals surface area contributed by atoms with Gasteiger partial charge in [-0.2, -0.15) is 0 Å². The summed E-state index contributed by atoms with van der Waals surface area (Å²) in [6.07, 6.45) is 5.34. The van der Waals surface area contributed by atoms with Crippen molar-refractivity contribution < 1.29 is 13.6 Å². The maximum atomic E-state index is 13.1. The first-order valence-corrected chi connectivity index (χ1v) is 8.95. The average molecular weight is 350 g/mol. The first-order valence-electron chi connectivity index (χ1n) is 8.95. The minimum Gasteiger partial charge on any atom is -0.468 e. The molecule has 0 aliphatic carbocycles. The number of hydrogen-bond donors (Lipinski definition) is 0. The van der Waals surface area contributed by atoms with E-state index < -0.39 is 0 Å². The Bertz CT molecular complexity index is 804. The lowest BCUT2D eigenvalue weighted by Gasteiger charge is -2.31. The van der Waals surface area contributed by atoms with Crippen LogP contribution in [0.15, 0.2) is 69.9 Å². The molecule has 26 heavy (non-hydrogen) atoms. The Kier molecular flexibility index (Phi) is 4.88. The van der Waals surface area contributed by atoms with Gasteiger partial charge >= 0.3 is 0 Å². The Morgan fingerprint density at radius 2 is 1.65 bits per heavy atom. The molecule has 5 nitrogen and oxygen atoms in total. The monoisotopic (exact) mass is 350 g/mol. The van der Waals surface area contributed by atoms with Gasteiger partial charge in [-0.3, -0.25) is 9.69 Å². The summed E-state index contributed by atoms with van der Waals surface area (Å²) in [6, 6.07) is 15.8. The Balaban J connectivity index is 1.50. The lowest BCUT2D eigenvalue weighted by atomic mass is 10.0. The molecule has 0 unspecified atom stereocenters. The third-order valence-electron chi connectivity index (χ3n) is 4.69. The van der Waals surface area contributed by atoms with Crippen molar-refractivity contribution in [3.05, 3.63) is 78.1 Å². The summed E-state index contributed by atoms with van der Waals surface area (Å²) in [7, 11) is 0. The van der Waals surface area contributed by atoms with Crippen LogP contribution in [0.4, 0.5) is 5.69 Å². The summed E-state index contributed by atoms with van der Waals surface area (Å²) in [5.41, 5.74) is 2.29. The van der Waals surface area contributed by atoms with E-state index in [9.17, 15) is 4.79 Å². The van der Waals surface area contributed by atoms with Gasteiger partial charge in [-0.25, -0.2) is 0 Å². The van der Waals surface area contributed by atoms with Crippen molar-refractivity contribution in [1.82, 2.24) is 4.90 Å². The van der Waals surface area contributed by atoms with E-state index in [2.05, 4.69) is 11.0 Å². The number of amides is 1. The number of fused-ring (bicyclic) bond motifs is 1. The van der Waals surface area contributed by atoms with Crippen molar-refractivity contribution >= 4 is 11.6 Å². The molecule has 4 rings (SSSR count). The van der Waals surface area contributed by atoms with E-state index in [0.717, 1.165) is 36.6 Å². The molecule has 5 heteroatoms. The fourth-order valence-electron chi connectivity index (χ4n) is 3.48. The normalized spacial score (nSPS) is 13.8. The van der Waals surface area contributed by atoms with Crippen molar-refractivity contribution in [2.24, 2.45) is 0 Å². The van der Waals surface area contributed by atoms with Gasteiger partial charge in [0.15, 0.2) is 0 Å². The molecular weight excluding hydrogens is 328 g/mol. The first kappa shape index (κ1) is 16.7. The minimum atomic E-state index is 0.107. The number of benzene rings is 1. The molecule has 1 aliphatic heterocycles. The molecule has 3 aromatic rings. The van der Waals surface area contributed by atoms with Gasteiger partial charge in [-0.15, -0.1) is 0 Å². The highest BCUT2D eigenvalue weighted by atomic mass is 16.3. The summed E-state index contributed by atoms with van der Waals surface area (Å²) in [4.78, 5) is 17.0. The van der Waals surface area contributed by atoms with Crippen LogP contribution < -0.4 is 4.90 Å². The molecule has 0 saturated heterocycles. The van der Waals surface area contributed by atoms with Gasteiger partial charge in [-0.1, -0.05) is 18.2 Å². The van der Waals surface area contributed by atoms with Crippen molar-refractivity contribution in [2.45, 2.75) is 25.9 Å². The number of carbonyl (C=O) groups is 1. The second-order valence-electron chi connectivity index (χ2n) is 6.58. The van der Waals surface area contributed by atoms with Gasteiger partial charge in [-0.05, 0) is 48.7 Å². The van der Waals surface area contributed by atoms with Crippen LogP contribution in [0, 0.1) is 0 Å². The summed E-state index contributed by atoms with van der Waals surface area (Å²) in [5, 5.41) is 0. The molecule has 1 amide bonds. The zero-order chi connectivity index (χ0) is 17.8. The Morgan fingerprint density at radius 3 is 2.31 bits per heavy atom. The molecular formula is C21H22N2O3. The molecule has 134 valence electrons. The molecule has 1 aromatic carbocycles. The molecule has 2 aromatic heterocycles. The van der Waals surface area contributed by atoms with Gasteiger partial charge in [0.2, 0.25) is 5.91 Å². The fourth-order valence-corrected chi connectivity index (χ4v) is 3.48. The lowest BCUT2D eigenvalue weighted by Crippen LogP contribution is -2.42. The molecule has 0 bridgehead atoms. The maximum Gasteiger partial charge on any atom is 0.241 e. The Hall–Kier alpha value is -2.79. The predicted octanol–water partition coefficient (Wildman–Crippen LogP) is 3.85. The quantitative estimate of drug-likeness (QED) is 0.677. The van der Waals surface area contributed by atoms with E-state index in [-0.39, 0.29) is 5.91 Å². The molecule has 0 fully saturated rings. The molecule has 0 atom stereocenters. The Morgan fingerprint density at radius 1 is 0.962 bits per heavy atom. The summed E-state index contributed by atoms with van der Waals surface area (Å²) >= 11 is 0. The van der Waals surface area contributed by atoms with Gasteiger partial charge in [0.05, 0.1) is 32.2 Å². The zero-order valence-electron chi connectivity index (χ0n) is 14.6. The largest absolute Gasteiger partial charge is 0.468 e. The van der Waals surface area contributed by atoms with Crippen molar-refractivity contribution in [3.63, 3.8) is 0 Å². The number of carbonyl (C=O) groups excluding carboxylic acids is 1. The van der Waals surface area contributed by atoms with Gasteiger partial charge in [0, 0.05) is 12.2 Å². The van der Waals surface area contributed by atoms with Gasteiger partial charge in [0.25, 0.3) is 0 Å². The van der Waals surface area contributed by atoms with E-state index in [0.29, 0.717) is 19.6 Å². The zero-order valence-corrected chi connectivity index (χ0v) is 14.6. The third kappa shape index (κ3) is 3.73. The number of para-hydroxylation sites is 1. The van der Waals surface area contributed by atoms with Gasteiger partial charge in [0.1, 0.15) is 11.5 Å². The smallest absolute Gasteiger partial charge is 0.241 e. The highest BCUT2D eigenvalue weighted by Crippen LogP contribution is 2.27. The van der Waals surface area contributed by atoms with Crippen LogP contribution >= 0.6 is 0 Å². The minimum absolute atomic E-state index is 0.107. The van der Waals surface area contributed by atoms with E-state index in [4.69, 9.17) is 8.83 Å². The van der Waals surface area contributed by atoms with E-state index >= 15 is 0 Å². The topological polar surface area (TPSA) is 49.8 Å². The third-order valence-corrected chi connectivity index (χ3v) is 4.69. The molecule has 3 heterocycles. The lowest BCUT2D eigenvalue weighted by molar-refractivity contribution is -0.120. The number of nitrogens with zero attached hydrogens (tertiary/aromatic N) is 2. The van der Waals surface area contributed by atoms with Crippen molar-refractivity contribution in [1.29, 1.82) is 0 Å². The number of aryl methyl sites for hydroxylation is 1. The summed E-state index contributed by atoms with van der Waals surface area (Å²) < 4.78 is 10.9. The standard InChI is InChI=1S/C21H22N2O3/c24-21(23-11-3-7-17-6-1-2-10-20(17)23)16-22(14-18-8-4-12-25-18)15-19-9-5-13-26-19/h1-2,4-6,8-10,12-13H,3,7,11,14-16H2. The number of anilines is 1. The van der Waals surface area contributed by atoms with E-state index in [1.165, 1.54) is 5.56 Å². The van der Waals surface area contributed by atoms with Gasteiger partial charge < -0.3 is 13.7 Å². The van der Waals surface area contributed by atoms with Crippen LogP contribution in [0.25, 0.3) is 0 Å². The van der Waals surface area contributed by atoms with Crippen LogP contribution in [0.3, 0.4) is 0 Å². The average Bonchev–Trinajstić information content (AvgIpc) is 3.35. The maximum absolute atomic E-state index is 13.1. The van der Waals surface area contributed by atoms with Crippen LogP contribution in [0.1, 0.15) is 23.5 Å². The summed E-state index contributed by atoms with van der Waals surface area (Å²) in [6.45, 7) is 2.21. The number of furan rings is 2. The predicted molar refractivity (Wildman–Crippen MR) is 98.6 cm³/mol. The van der Waals surface area contributed by atoms with Crippen molar-refractivity contribution in [2.75, 3.05) is 18.0 Å². The second kappa shape index (κ2) is 7.62. The van der Waals surface area contributed by atoms with Crippen LogP contribution in [-0.4, -0.2) is 23.9 Å². The second-order valence-corrected chi connectivity index (χ2v) is 6.58. The van der Waals surface area contributed by atoms with Crippen LogP contribution in [0.2, 0.25) is 0 Å². The van der Waals surface area contributed by atoms with E-state index in [1.54, 1.807) is 12.5 Å². The summed E-state index contributed by atoms with van der Waals surface area (Å²) in [5.74, 6) is 1.78. The van der Waals surface area contributed by atoms with Crippen molar-refractivity contribution in [3.8, 4) is 0 Å². The Labute approximate surface area is 152 Å². The van der Waals surface area contributed by atoms with Crippen LogP contribution in [0.5, 0.6) is 0 Å².